The molecule has 0 aromatic heterocycles. The molecule has 48 heavy (non-hydrogen) atoms. The lowest BCUT2D eigenvalue weighted by Crippen LogP contribution is -2.23. The van der Waals surface area contributed by atoms with Crippen molar-refractivity contribution in [2.24, 2.45) is 0 Å². The van der Waals surface area contributed by atoms with E-state index >= 15 is 0 Å². The van der Waals surface area contributed by atoms with Crippen LogP contribution in [0.2, 0.25) is 0 Å². The zero-order valence-electron chi connectivity index (χ0n) is 26.2. The number of rotatable bonds is 4. The van der Waals surface area contributed by atoms with Crippen LogP contribution >= 0.6 is 0 Å². The van der Waals surface area contributed by atoms with E-state index in [-0.39, 0.29) is 5.41 Å². The van der Waals surface area contributed by atoms with E-state index in [2.05, 4.69) is 181 Å². The van der Waals surface area contributed by atoms with Crippen molar-refractivity contribution in [3.8, 4) is 44.5 Å². The topological polar surface area (TPSA) is 3.24 Å². The molecule has 8 aromatic rings. The number of hydrogen-bond acceptors (Lipinski definition) is 1. The maximum atomic E-state index is 2.45. The van der Waals surface area contributed by atoms with E-state index in [9.17, 15) is 0 Å². The molecule has 0 amide bonds. The third kappa shape index (κ3) is 3.16. The fourth-order valence-corrected chi connectivity index (χ4v) is 9.25. The molecule has 0 bridgehead atoms. The lowest BCUT2D eigenvalue weighted by atomic mass is 9.73. The Morgan fingerprint density at radius 1 is 0.333 bits per heavy atom. The van der Waals surface area contributed by atoms with Gasteiger partial charge in [-0.25, -0.2) is 0 Å². The molecule has 1 spiro atoms. The quantitative estimate of drug-likeness (QED) is 0.192. The first-order chi connectivity index (χ1) is 23.8. The fraction of sp³-hybridized carbons (Fsp3) is 0.0213. The van der Waals surface area contributed by atoms with E-state index in [1.165, 1.54) is 77.5 Å². The van der Waals surface area contributed by atoms with Crippen LogP contribution in [0, 0.1) is 0 Å². The summed E-state index contributed by atoms with van der Waals surface area (Å²) < 4.78 is 0. The van der Waals surface area contributed by atoms with Crippen LogP contribution in [0.1, 0.15) is 22.3 Å². The van der Waals surface area contributed by atoms with Crippen molar-refractivity contribution in [1.29, 1.82) is 0 Å². The first-order valence-electron chi connectivity index (χ1n) is 16.8. The fourth-order valence-electron chi connectivity index (χ4n) is 9.25. The van der Waals surface area contributed by atoms with Gasteiger partial charge in [-0.15, -0.1) is 0 Å². The predicted molar refractivity (Wildman–Crippen MR) is 199 cm³/mol. The minimum atomic E-state index is -0.277. The third-order valence-corrected chi connectivity index (χ3v) is 11.0. The maximum Gasteiger partial charge on any atom is 0.0737 e. The summed E-state index contributed by atoms with van der Waals surface area (Å²) in [6.07, 6.45) is 0. The zero-order chi connectivity index (χ0) is 31.4. The van der Waals surface area contributed by atoms with Gasteiger partial charge in [0, 0.05) is 16.9 Å². The molecule has 11 rings (SSSR count). The SMILES string of the molecule is c1ccc(N(c2ccc3c(c2)-c2cccc4c2C32c3ccccc3-c3cccc-4c32)c2ccccc2-c2cccc3ccccc23)cc1. The first kappa shape index (κ1) is 25.9. The molecule has 0 saturated carbocycles. The standard InChI is InChI=1S/C47H29N/c1-2-15-31(16-3-1)48(44-26-9-7-19-36(44)34-20-10-14-30-13-4-5-17-33(30)34)32-27-28-43-41(29-32)40-24-12-23-39-38-22-11-21-37-35-18-6-8-25-42(35)47(43,45(37)38)46(39)40/h1-29H. The van der Waals surface area contributed by atoms with Crippen molar-refractivity contribution in [1.82, 2.24) is 0 Å². The van der Waals surface area contributed by atoms with E-state index < -0.39 is 0 Å². The predicted octanol–water partition coefficient (Wildman–Crippen LogP) is 12.3. The van der Waals surface area contributed by atoms with Crippen LogP contribution in [0.5, 0.6) is 0 Å². The summed E-state index contributed by atoms with van der Waals surface area (Å²) in [6, 6.07) is 65.1. The number of para-hydroxylation sites is 2. The van der Waals surface area contributed by atoms with Gasteiger partial charge in [0.1, 0.15) is 0 Å². The highest BCUT2D eigenvalue weighted by Crippen LogP contribution is 2.70. The van der Waals surface area contributed by atoms with Gasteiger partial charge in [-0.05, 0) is 102 Å². The molecule has 1 atom stereocenters. The van der Waals surface area contributed by atoms with Crippen LogP contribution in [0.3, 0.4) is 0 Å². The molecular formula is C47H29N. The van der Waals surface area contributed by atoms with Crippen LogP contribution in [0.4, 0.5) is 17.1 Å². The molecule has 0 saturated heterocycles. The Hall–Kier alpha value is -6.18. The van der Waals surface area contributed by atoms with Crippen molar-refractivity contribution in [3.05, 3.63) is 198 Å². The summed E-state index contributed by atoms with van der Waals surface area (Å²) in [4.78, 5) is 2.44. The van der Waals surface area contributed by atoms with Gasteiger partial charge in [0.15, 0.2) is 0 Å². The van der Waals surface area contributed by atoms with Crippen LogP contribution in [0.25, 0.3) is 55.3 Å². The van der Waals surface area contributed by atoms with E-state index in [0.29, 0.717) is 0 Å². The van der Waals surface area contributed by atoms with Crippen LogP contribution in [-0.2, 0) is 5.41 Å². The minimum absolute atomic E-state index is 0.277. The summed E-state index contributed by atoms with van der Waals surface area (Å²) in [7, 11) is 0. The molecule has 8 aromatic carbocycles. The van der Waals surface area contributed by atoms with E-state index in [4.69, 9.17) is 0 Å². The normalized spacial score (nSPS) is 15.6. The molecule has 1 unspecified atom stereocenters. The van der Waals surface area contributed by atoms with Crippen LogP contribution in [-0.4, -0.2) is 0 Å². The Morgan fingerprint density at radius 2 is 0.875 bits per heavy atom. The Labute approximate surface area is 280 Å². The highest BCUT2D eigenvalue weighted by atomic mass is 15.1. The molecule has 222 valence electrons. The number of hydrogen-bond donors (Lipinski definition) is 0. The lowest BCUT2D eigenvalue weighted by Gasteiger charge is -2.30. The molecule has 3 aliphatic rings. The van der Waals surface area contributed by atoms with Gasteiger partial charge in [0.05, 0.1) is 11.1 Å². The van der Waals surface area contributed by atoms with Crippen molar-refractivity contribution in [3.63, 3.8) is 0 Å². The smallest absolute Gasteiger partial charge is 0.0737 e. The van der Waals surface area contributed by atoms with Gasteiger partial charge >= 0.3 is 0 Å². The van der Waals surface area contributed by atoms with Crippen molar-refractivity contribution in [2.75, 3.05) is 4.90 Å². The van der Waals surface area contributed by atoms with Crippen molar-refractivity contribution >= 4 is 27.8 Å². The average molecular weight is 608 g/mol. The second-order valence-corrected chi connectivity index (χ2v) is 13.2. The first-order valence-corrected chi connectivity index (χ1v) is 16.8. The second kappa shape index (κ2) is 9.44. The highest BCUT2D eigenvalue weighted by Gasteiger charge is 2.57. The van der Waals surface area contributed by atoms with Gasteiger partial charge < -0.3 is 4.90 Å². The molecule has 1 heteroatoms. The Balaban J connectivity index is 1.18. The van der Waals surface area contributed by atoms with Gasteiger partial charge in [-0.2, -0.15) is 0 Å². The van der Waals surface area contributed by atoms with Gasteiger partial charge in [-0.1, -0.05) is 146 Å². The van der Waals surface area contributed by atoms with E-state index in [1.807, 2.05) is 0 Å². The Bertz CT molecular complexity index is 2610. The zero-order valence-corrected chi connectivity index (χ0v) is 26.2. The third-order valence-electron chi connectivity index (χ3n) is 11.0. The van der Waals surface area contributed by atoms with Gasteiger partial charge in [0.2, 0.25) is 0 Å². The number of nitrogens with zero attached hydrogens (tertiary/aromatic N) is 1. The lowest BCUT2D eigenvalue weighted by molar-refractivity contribution is 0.818. The molecule has 0 fully saturated rings. The molecule has 0 radical (unpaired) electrons. The summed E-state index contributed by atoms with van der Waals surface area (Å²) in [5, 5.41) is 2.51. The largest absolute Gasteiger partial charge is 0.310 e. The monoisotopic (exact) mass is 607 g/mol. The summed E-state index contributed by atoms with van der Waals surface area (Å²) >= 11 is 0. The Kier molecular flexibility index (Phi) is 5.10. The average Bonchev–Trinajstić information content (AvgIpc) is 3.75. The molecule has 3 aliphatic carbocycles. The molecule has 0 N–H and O–H groups in total. The summed E-state index contributed by atoms with van der Waals surface area (Å²) in [5.74, 6) is 0. The van der Waals surface area contributed by atoms with Crippen LogP contribution < -0.4 is 4.90 Å². The van der Waals surface area contributed by atoms with E-state index in [0.717, 1.165) is 17.1 Å². The van der Waals surface area contributed by atoms with Gasteiger partial charge in [-0.3, -0.25) is 0 Å². The van der Waals surface area contributed by atoms with Gasteiger partial charge in [0.25, 0.3) is 0 Å². The highest BCUT2D eigenvalue weighted by molar-refractivity contribution is 6.07. The molecule has 0 aliphatic heterocycles. The number of benzene rings is 8. The number of fused-ring (bicyclic) bond motifs is 6. The molecule has 0 heterocycles. The van der Waals surface area contributed by atoms with Crippen LogP contribution in [0.15, 0.2) is 176 Å². The second-order valence-electron chi connectivity index (χ2n) is 13.2. The van der Waals surface area contributed by atoms with E-state index in [1.54, 1.807) is 0 Å². The Morgan fingerprint density at radius 3 is 1.69 bits per heavy atom. The number of anilines is 3. The summed E-state index contributed by atoms with van der Waals surface area (Å²) in [5.41, 5.74) is 19.5. The maximum absolute atomic E-state index is 2.45. The van der Waals surface area contributed by atoms with Crippen molar-refractivity contribution in [2.45, 2.75) is 5.41 Å². The van der Waals surface area contributed by atoms with Crippen molar-refractivity contribution < 1.29 is 0 Å². The minimum Gasteiger partial charge on any atom is -0.310 e. The molecule has 1 nitrogen and oxygen atoms in total. The molecular weight excluding hydrogens is 579 g/mol. The summed E-state index contributed by atoms with van der Waals surface area (Å²) in [6.45, 7) is 0.